The van der Waals surface area contributed by atoms with E-state index >= 15 is 0 Å². The molecule has 0 aliphatic carbocycles. The number of sulfone groups is 1. The Morgan fingerprint density at radius 3 is 2.38 bits per heavy atom. The van der Waals surface area contributed by atoms with E-state index in [1.807, 2.05) is 0 Å². The number of ether oxygens (including phenoxy) is 1. The smallest absolute Gasteiger partial charge is 0.208 e. The van der Waals surface area contributed by atoms with Crippen molar-refractivity contribution >= 4 is 9.84 Å². The summed E-state index contributed by atoms with van der Waals surface area (Å²) in [5.74, 6) is -0.910. The Kier molecular flexibility index (Phi) is 3.27. The van der Waals surface area contributed by atoms with Gasteiger partial charge in [-0.2, -0.15) is 0 Å². The molecule has 0 bridgehead atoms. The standard InChI is InChI=1S/C8H10O4S/c9-6-13(10,11)7-12-8-4-2-1-3-5-8/h1-5,9H,6-7H2. The SMILES string of the molecule is O=S(=O)(CO)COc1ccccc1. The van der Waals surface area contributed by atoms with E-state index in [1.165, 1.54) is 0 Å². The molecular weight excluding hydrogens is 192 g/mol. The molecule has 4 nitrogen and oxygen atoms in total. The van der Waals surface area contributed by atoms with E-state index in [-0.39, 0.29) is 0 Å². The van der Waals surface area contributed by atoms with E-state index in [9.17, 15) is 8.42 Å². The highest BCUT2D eigenvalue weighted by molar-refractivity contribution is 7.91. The first-order valence-corrected chi connectivity index (χ1v) is 5.45. The topological polar surface area (TPSA) is 63.6 Å². The first-order valence-electron chi connectivity index (χ1n) is 3.63. The van der Waals surface area contributed by atoms with E-state index in [0.717, 1.165) is 0 Å². The number of hydrogen-bond donors (Lipinski definition) is 1. The predicted octanol–water partition coefficient (Wildman–Crippen LogP) is 0.388. The quantitative estimate of drug-likeness (QED) is 0.767. The third-order valence-electron chi connectivity index (χ3n) is 1.35. The van der Waals surface area contributed by atoms with Crippen molar-refractivity contribution in [3.8, 4) is 5.75 Å². The Morgan fingerprint density at radius 2 is 1.85 bits per heavy atom. The zero-order chi connectivity index (χ0) is 9.73. The first kappa shape index (κ1) is 10.0. The average Bonchev–Trinajstić information content (AvgIpc) is 2.17. The van der Waals surface area contributed by atoms with Gasteiger partial charge in [0, 0.05) is 0 Å². The number of hydrogen-bond acceptors (Lipinski definition) is 4. The maximum Gasteiger partial charge on any atom is 0.208 e. The summed E-state index contributed by atoms with van der Waals surface area (Å²) >= 11 is 0. The molecule has 0 amide bonds. The molecule has 0 unspecified atom stereocenters. The molecule has 0 radical (unpaired) electrons. The molecule has 0 saturated carbocycles. The molecule has 0 aliphatic rings. The third kappa shape index (κ3) is 3.43. The summed E-state index contributed by atoms with van der Waals surface area (Å²) in [5.41, 5.74) is 0. The van der Waals surface area contributed by atoms with Crippen LogP contribution in [-0.2, 0) is 9.84 Å². The minimum atomic E-state index is -3.48. The summed E-state index contributed by atoms with van der Waals surface area (Å²) in [6, 6.07) is 8.56. The highest BCUT2D eigenvalue weighted by atomic mass is 32.2. The molecule has 72 valence electrons. The lowest BCUT2D eigenvalue weighted by atomic mass is 10.3. The monoisotopic (exact) mass is 202 g/mol. The van der Waals surface area contributed by atoms with Crippen LogP contribution < -0.4 is 4.74 Å². The largest absolute Gasteiger partial charge is 0.478 e. The van der Waals surface area contributed by atoms with Gasteiger partial charge >= 0.3 is 0 Å². The van der Waals surface area contributed by atoms with Crippen LogP contribution in [0.15, 0.2) is 30.3 Å². The predicted molar refractivity (Wildman–Crippen MR) is 47.9 cm³/mol. The molecule has 0 heterocycles. The van der Waals surface area contributed by atoms with Gasteiger partial charge in [-0.05, 0) is 12.1 Å². The second kappa shape index (κ2) is 4.25. The highest BCUT2D eigenvalue weighted by Crippen LogP contribution is 2.08. The second-order valence-corrected chi connectivity index (χ2v) is 4.43. The van der Waals surface area contributed by atoms with Crippen LogP contribution in [0.4, 0.5) is 0 Å². The highest BCUT2D eigenvalue weighted by Gasteiger charge is 2.08. The van der Waals surface area contributed by atoms with Crippen LogP contribution in [-0.4, -0.2) is 25.4 Å². The minimum Gasteiger partial charge on any atom is -0.478 e. The lowest BCUT2D eigenvalue weighted by Crippen LogP contribution is -2.15. The molecule has 1 aromatic carbocycles. The van der Waals surface area contributed by atoms with Crippen LogP contribution in [0.5, 0.6) is 5.75 Å². The number of aliphatic hydroxyl groups excluding tert-OH is 1. The Bertz CT molecular complexity index is 344. The Morgan fingerprint density at radius 1 is 1.23 bits per heavy atom. The maximum atomic E-state index is 10.8. The lowest BCUT2D eigenvalue weighted by molar-refractivity contribution is 0.336. The van der Waals surface area contributed by atoms with Gasteiger partial charge in [-0.25, -0.2) is 8.42 Å². The second-order valence-electron chi connectivity index (χ2n) is 2.45. The molecular formula is C8H10O4S. The third-order valence-corrected chi connectivity index (χ3v) is 2.22. The van der Waals surface area contributed by atoms with Gasteiger partial charge in [0.1, 0.15) is 11.7 Å². The van der Waals surface area contributed by atoms with Crippen molar-refractivity contribution in [1.29, 1.82) is 0 Å². The summed E-state index contributed by atoms with van der Waals surface area (Å²) < 4.78 is 26.5. The Hall–Kier alpha value is -1.07. The normalized spacial score (nSPS) is 11.2. The molecule has 0 fully saturated rings. The summed E-state index contributed by atoms with van der Waals surface area (Å²) in [4.78, 5) is 0. The van der Waals surface area contributed by atoms with Crippen molar-refractivity contribution in [2.24, 2.45) is 0 Å². The molecule has 0 spiro atoms. The molecule has 13 heavy (non-hydrogen) atoms. The Labute approximate surface area is 76.7 Å². The number of benzene rings is 1. The molecule has 0 aromatic heterocycles. The van der Waals surface area contributed by atoms with Gasteiger partial charge in [-0.3, -0.25) is 0 Å². The van der Waals surface area contributed by atoms with Gasteiger partial charge in [0.05, 0.1) is 0 Å². The molecule has 0 atom stereocenters. The van der Waals surface area contributed by atoms with E-state index in [2.05, 4.69) is 0 Å². The number of rotatable bonds is 4. The van der Waals surface area contributed by atoms with E-state index in [0.29, 0.717) is 5.75 Å². The molecule has 1 aromatic rings. The van der Waals surface area contributed by atoms with Crippen LogP contribution in [0.3, 0.4) is 0 Å². The fraction of sp³-hybridized carbons (Fsp3) is 0.250. The van der Waals surface area contributed by atoms with Crippen LogP contribution in [0.25, 0.3) is 0 Å². The molecule has 1 rings (SSSR count). The van der Waals surface area contributed by atoms with E-state index < -0.39 is 21.7 Å². The van der Waals surface area contributed by atoms with Gasteiger partial charge in [-0.1, -0.05) is 18.2 Å². The van der Waals surface area contributed by atoms with Crippen molar-refractivity contribution in [3.63, 3.8) is 0 Å². The van der Waals surface area contributed by atoms with Gasteiger partial charge in [0.15, 0.2) is 5.94 Å². The first-order chi connectivity index (χ1) is 6.14. The summed E-state index contributed by atoms with van der Waals surface area (Å²) in [6.07, 6.45) is 0. The lowest BCUT2D eigenvalue weighted by Gasteiger charge is -2.04. The fourth-order valence-corrected chi connectivity index (χ4v) is 1.10. The van der Waals surface area contributed by atoms with Gasteiger partial charge in [0.25, 0.3) is 0 Å². The summed E-state index contributed by atoms with van der Waals surface area (Å²) in [7, 11) is -3.48. The van der Waals surface area contributed by atoms with Gasteiger partial charge < -0.3 is 9.84 Å². The van der Waals surface area contributed by atoms with E-state index in [4.69, 9.17) is 9.84 Å². The number of aliphatic hydroxyl groups is 1. The van der Waals surface area contributed by atoms with Gasteiger partial charge in [0.2, 0.25) is 9.84 Å². The molecule has 0 aliphatic heterocycles. The molecule has 5 heteroatoms. The van der Waals surface area contributed by atoms with Crippen molar-refractivity contribution < 1.29 is 18.3 Å². The number of para-hydroxylation sites is 1. The molecule has 0 saturated heterocycles. The minimum absolute atomic E-state index is 0.472. The van der Waals surface area contributed by atoms with Crippen molar-refractivity contribution in [2.45, 2.75) is 0 Å². The average molecular weight is 202 g/mol. The van der Waals surface area contributed by atoms with Crippen molar-refractivity contribution in [2.75, 3.05) is 11.9 Å². The summed E-state index contributed by atoms with van der Waals surface area (Å²) in [6.45, 7) is 0. The van der Waals surface area contributed by atoms with Crippen molar-refractivity contribution in [1.82, 2.24) is 0 Å². The summed E-state index contributed by atoms with van der Waals surface area (Å²) in [5, 5.41) is 8.40. The molecule has 1 N–H and O–H groups in total. The van der Waals surface area contributed by atoms with Gasteiger partial charge in [-0.15, -0.1) is 0 Å². The van der Waals surface area contributed by atoms with Crippen LogP contribution >= 0.6 is 0 Å². The zero-order valence-corrected chi connectivity index (χ0v) is 7.70. The van der Waals surface area contributed by atoms with E-state index in [1.54, 1.807) is 30.3 Å². The van der Waals surface area contributed by atoms with Crippen LogP contribution in [0.2, 0.25) is 0 Å². The van der Waals surface area contributed by atoms with Crippen molar-refractivity contribution in [3.05, 3.63) is 30.3 Å². The Balaban J connectivity index is 2.54. The van der Waals surface area contributed by atoms with Crippen LogP contribution in [0.1, 0.15) is 0 Å². The zero-order valence-electron chi connectivity index (χ0n) is 6.88. The fourth-order valence-electron chi connectivity index (χ4n) is 0.712. The maximum absolute atomic E-state index is 10.8. The van der Waals surface area contributed by atoms with Crippen LogP contribution in [0, 0.1) is 0 Å².